The molecule has 0 fully saturated rings. The topological polar surface area (TPSA) is 82.9 Å². The molecular formula is C20H14N2O3. The molecule has 0 radical (unpaired) electrons. The van der Waals surface area contributed by atoms with Crippen molar-refractivity contribution in [3.05, 3.63) is 77.0 Å². The number of nitrogens with zero attached hydrogens (tertiary/aromatic N) is 1. The highest BCUT2D eigenvalue weighted by Gasteiger charge is 2.16. The number of esters is 1. The number of hydrogen-bond donors (Lipinski definition) is 1. The number of fused-ring (bicyclic) bond motifs is 1. The second-order valence-corrected chi connectivity index (χ2v) is 5.36. The first-order valence-corrected chi connectivity index (χ1v) is 7.55. The summed E-state index contributed by atoms with van der Waals surface area (Å²) in [7, 11) is 1.31. The van der Waals surface area contributed by atoms with E-state index in [1.54, 1.807) is 30.5 Å². The molecule has 25 heavy (non-hydrogen) atoms. The number of carbonyl (C=O) groups is 2. The van der Waals surface area contributed by atoms with Crippen LogP contribution < -0.4 is 0 Å². The van der Waals surface area contributed by atoms with Gasteiger partial charge in [0.2, 0.25) is 5.78 Å². The average Bonchev–Trinajstić information content (AvgIpc) is 3.09. The predicted octanol–water partition coefficient (Wildman–Crippen LogP) is 3.74. The first kappa shape index (κ1) is 16.2. The van der Waals surface area contributed by atoms with E-state index in [9.17, 15) is 14.9 Å². The van der Waals surface area contributed by atoms with Gasteiger partial charge in [-0.2, -0.15) is 5.26 Å². The Labute approximate surface area is 144 Å². The van der Waals surface area contributed by atoms with E-state index in [-0.39, 0.29) is 11.4 Å². The molecule has 0 saturated heterocycles. The molecule has 0 unspecified atom stereocenters. The SMILES string of the molecule is COC(=O)c1ccc(/C=C(\C#N)C(=O)c2c[nH]c3ccccc23)cc1. The molecule has 122 valence electrons. The summed E-state index contributed by atoms with van der Waals surface area (Å²) in [5.41, 5.74) is 2.37. The van der Waals surface area contributed by atoms with Gasteiger partial charge in [0.1, 0.15) is 11.6 Å². The quantitative estimate of drug-likeness (QED) is 0.342. The molecule has 3 rings (SSSR count). The molecule has 1 N–H and O–H groups in total. The highest BCUT2D eigenvalue weighted by Crippen LogP contribution is 2.21. The van der Waals surface area contributed by atoms with Crippen molar-refractivity contribution >= 4 is 28.7 Å². The van der Waals surface area contributed by atoms with Crippen molar-refractivity contribution in [1.82, 2.24) is 4.98 Å². The van der Waals surface area contributed by atoms with Gasteiger partial charge in [0.15, 0.2) is 0 Å². The minimum atomic E-state index is -0.439. The van der Waals surface area contributed by atoms with Crippen molar-refractivity contribution < 1.29 is 14.3 Å². The Balaban J connectivity index is 1.94. The van der Waals surface area contributed by atoms with Crippen LogP contribution >= 0.6 is 0 Å². The standard InChI is InChI=1S/C20H14N2O3/c1-25-20(24)14-8-6-13(7-9-14)10-15(11-21)19(23)17-12-22-18-5-3-2-4-16(17)18/h2-10,12,22H,1H3/b15-10+. The maximum Gasteiger partial charge on any atom is 0.337 e. The lowest BCUT2D eigenvalue weighted by Crippen LogP contribution is -2.02. The summed E-state index contributed by atoms with van der Waals surface area (Å²) < 4.78 is 4.64. The molecule has 0 bridgehead atoms. The lowest BCUT2D eigenvalue weighted by atomic mass is 10.0. The van der Waals surface area contributed by atoms with E-state index in [1.807, 2.05) is 30.3 Å². The number of nitrogens with one attached hydrogen (secondary N) is 1. The summed E-state index contributed by atoms with van der Waals surface area (Å²) in [6.45, 7) is 0. The van der Waals surface area contributed by atoms with E-state index in [0.717, 1.165) is 10.9 Å². The molecule has 1 aromatic heterocycles. The number of aromatic nitrogens is 1. The van der Waals surface area contributed by atoms with Gasteiger partial charge < -0.3 is 9.72 Å². The molecule has 5 nitrogen and oxygen atoms in total. The van der Waals surface area contributed by atoms with Crippen LogP contribution in [0, 0.1) is 11.3 Å². The number of ketones is 1. The first-order chi connectivity index (χ1) is 12.1. The summed E-state index contributed by atoms with van der Waals surface area (Å²) >= 11 is 0. The fraction of sp³-hybridized carbons (Fsp3) is 0.0500. The number of benzene rings is 2. The third-order valence-corrected chi connectivity index (χ3v) is 3.84. The van der Waals surface area contributed by atoms with Gasteiger partial charge in [-0.15, -0.1) is 0 Å². The first-order valence-electron chi connectivity index (χ1n) is 7.55. The molecule has 1 heterocycles. The second-order valence-electron chi connectivity index (χ2n) is 5.36. The van der Waals surface area contributed by atoms with Crippen molar-refractivity contribution in [1.29, 1.82) is 5.26 Å². The van der Waals surface area contributed by atoms with Gasteiger partial charge in [-0.3, -0.25) is 4.79 Å². The van der Waals surface area contributed by atoms with Crippen molar-refractivity contribution in [2.24, 2.45) is 0 Å². The molecule has 5 heteroatoms. The highest BCUT2D eigenvalue weighted by atomic mass is 16.5. The third-order valence-electron chi connectivity index (χ3n) is 3.84. The van der Waals surface area contributed by atoms with Crippen LogP contribution in [0.15, 0.2) is 60.3 Å². The smallest absolute Gasteiger partial charge is 0.337 e. The summed E-state index contributed by atoms with van der Waals surface area (Å²) in [5.74, 6) is -0.789. The van der Waals surface area contributed by atoms with Crippen molar-refractivity contribution in [2.75, 3.05) is 7.11 Å². The summed E-state index contributed by atoms with van der Waals surface area (Å²) in [6, 6.07) is 15.9. The van der Waals surface area contributed by atoms with E-state index in [1.165, 1.54) is 13.2 Å². The highest BCUT2D eigenvalue weighted by molar-refractivity contribution is 6.19. The van der Waals surface area contributed by atoms with Gasteiger partial charge in [-0.05, 0) is 29.8 Å². The number of nitriles is 1. The Morgan fingerprint density at radius 3 is 2.52 bits per heavy atom. The van der Waals surface area contributed by atoms with Gasteiger partial charge in [0, 0.05) is 22.7 Å². The van der Waals surface area contributed by atoms with Crippen LogP contribution in [0.5, 0.6) is 0 Å². The predicted molar refractivity (Wildman–Crippen MR) is 94.0 cm³/mol. The fourth-order valence-corrected chi connectivity index (χ4v) is 2.55. The third kappa shape index (κ3) is 3.19. The summed E-state index contributed by atoms with van der Waals surface area (Å²) in [4.78, 5) is 27.2. The molecule has 0 atom stereocenters. The number of H-pyrrole nitrogens is 1. The lowest BCUT2D eigenvalue weighted by Gasteiger charge is -2.01. The largest absolute Gasteiger partial charge is 0.465 e. The van der Waals surface area contributed by atoms with E-state index in [4.69, 9.17) is 0 Å². The van der Waals surface area contributed by atoms with E-state index < -0.39 is 5.97 Å². The Bertz CT molecular complexity index is 1020. The van der Waals surface area contributed by atoms with Crippen LogP contribution in [-0.2, 0) is 4.74 Å². The van der Waals surface area contributed by atoms with Gasteiger partial charge >= 0.3 is 5.97 Å². The Kier molecular flexibility index (Phi) is 4.44. The van der Waals surface area contributed by atoms with Crippen LogP contribution in [0.1, 0.15) is 26.3 Å². The number of aromatic amines is 1. The second kappa shape index (κ2) is 6.85. The average molecular weight is 330 g/mol. The lowest BCUT2D eigenvalue weighted by molar-refractivity contribution is 0.0600. The van der Waals surface area contributed by atoms with Crippen molar-refractivity contribution in [3.8, 4) is 6.07 Å². The maximum atomic E-state index is 12.7. The van der Waals surface area contributed by atoms with E-state index in [2.05, 4.69) is 9.72 Å². The number of ether oxygens (including phenoxy) is 1. The molecule has 0 amide bonds. The normalized spacial score (nSPS) is 11.1. The van der Waals surface area contributed by atoms with Gasteiger partial charge in [-0.25, -0.2) is 4.79 Å². The summed E-state index contributed by atoms with van der Waals surface area (Å²) in [5, 5.41) is 10.2. The van der Waals surface area contributed by atoms with Crippen molar-refractivity contribution in [3.63, 3.8) is 0 Å². The van der Waals surface area contributed by atoms with Gasteiger partial charge in [-0.1, -0.05) is 30.3 Å². The number of allylic oxidation sites excluding steroid dienone is 1. The molecule has 0 saturated carbocycles. The monoisotopic (exact) mass is 330 g/mol. The summed E-state index contributed by atoms with van der Waals surface area (Å²) in [6.07, 6.45) is 3.11. The molecule has 0 aliphatic rings. The van der Waals surface area contributed by atoms with Crippen molar-refractivity contribution in [2.45, 2.75) is 0 Å². The molecule has 0 aliphatic carbocycles. The molecule has 3 aromatic rings. The fourth-order valence-electron chi connectivity index (χ4n) is 2.55. The molecule has 0 aliphatic heterocycles. The number of Topliss-reactive ketones (excluding diaryl/α,β-unsaturated/α-hetero) is 1. The Hall–Kier alpha value is -3.65. The number of methoxy groups -OCH3 is 1. The number of carbonyl (C=O) groups excluding carboxylic acids is 2. The number of rotatable bonds is 4. The van der Waals surface area contributed by atoms with Crippen LogP contribution in [0.25, 0.3) is 17.0 Å². The zero-order valence-corrected chi connectivity index (χ0v) is 13.4. The van der Waals surface area contributed by atoms with Crippen LogP contribution in [-0.4, -0.2) is 23.8 Å². The Morgan fingerprint density at radius 2 is 1.84 bits per heavy atom. The minimum absolute atomic E-state index is 0.0237. The van der Waals surface area contributed by atoms with Crippen LogP contribution in [0.4, 0.5) is 0 Å². The zero-order valence-electron chi connectivity index (χ0n) is 13.4. The number of hydrogen-bond acceptors (Lipinski definition) is 4. The Morgan fingerprint density at radius 1 is 1.12 bits per heavy atom. The molecule has 0 spiro atoms. The van der Waals surface area contributed by atoms with Crippen LogP contribution in [0.2, 0.25) is 0 Å². The molecular weight excluding hydrogens is 316 g/mol. The van der Waals surface area contributed by atoms with Gasteiger partial charge in [0.25, 0.3) is 0 Å². The van der Waals surface area contributed by atoms with E-state index >= 15 is 0 Å². The van der Waals surface area contributed by atoms with E-state index in [0.29, 0.717) is 16.7 Å². The maximum absolute atomic E-state index is 12.7. The molecule has 2 aromatic carbocycles. The van der Waals surface area contributed by atoms with Crippen LogP contribution in [0.3, 0.4) is 0 Å². The van der Waals surface area contributed by atoms with Gasteiger partial charge in [0.05, 0.1) is 12.7 Å². The number of para-hydroxylation sites is 1. The zero-order chi connectivity index (χ0) is 17.8. The minimum Gasteiger partial charge on any atom is -0.465 e.